The van der Waals surface area contributed by atoms with Gasteiger partial charge in [0.15, 0.2) is 0 Å². The van der Waals surface area contributed by atoms with Crippen molar-refractivity contribution < 1.29 is 4.79 Å². The third kappa shape index (κ3) is 2.69. The lowest BCUT2D eigenvalue weighted by Crippen LogP contribution is -2.59. The van der Waals surface area contributed by atoms with Gasteiger partial charge in [-0.2, -0.15) is 0 Å². The van der Waals surface area contributed by atoms with Crippen molar-refractivity contribution >= 4 is 5.91 Å². The van der Waals surface area contributed by atoms with Crippen LogP contribution in [0.5, 0.6) is 0 Å². The topological polar surface area (TPSA) is 35.6 Å². The Bertz CT molecular complexity index is 220. The van der Waals surface area contributed by atoms with E-state index in [2.05, 4.69) is 24.1 Å². The van der Waals surface area contributed by atoms with E-state index >= 15 is 0 Å². The summed E-state index contributed by atoms with van der Waals surface area (Å²) in [6, 6.07) is 0.409. The Kier molecular flexibility index (Phi) is 4.54. The van der Waals surface area contributed by atoms with Gasteiger partial charge in [-0.1, -0.05) is 6.92 Å². The zero-order valence-electron chi connectivity index (χ0n) is 10.3. The van der Waals surface area contributed by atoms with E-state index in [4.69, 9.17) is 0 Å². The highest BCUT2D eigenvalue weighted by Crippen LogP contribution is 2.16. The molecule has 0 saturated carbocycles. The van der Waals surface area contributed by atoms with Crippen LogP contribution in [0.1, 0.15) is 20.3 Å². The number of carbonyl (C=O) groups is 1. The number of amides is 1. The maximum atomic E-state index is 12.1. The first kappa shape index (κ1) is 12.5. The van der Waals surface area contributed by atoms with E-state index in [0.717, 1.165) is 26.1 Å². The van der Waals surface area contributed by atoms with E-state index in [9.17, 15) is 4.79 Å². The summed E-state index contributed by atoms with van der Waals surface area (Å²) in [6.45, 7) is 7.08. The molecule has 4 heteroatoms. The molecular weight excluding hydrogens is 190 g/mol. The molecule has 1 heterocycles. The highest BCUT2D eigenvalue weighted by atomic mass is 16.2. The van der Waals surface area contributed by atoms with Gasteiger partial charge in [0.2, 0.25) is 5.91 Å². The molecule has 0 aliphatic carbocycles. The number of nitrogens with zero attached hydrogens (tertiary/aromatic N) is 2. The number of rotatable bonds is 4. The van der Waals surface area contributed by atoms with Crippen LogP contribution >= 0.6 is 0 Å². The lowest BCUT2D eigenvalue weighted by atomic mass is 10.0. The summed E-state index contributed by atoms with van der Waals surface area (Å²) in [5.74, 6) is 0.269. The molecule has 1 amide bonds. The van der Waals surface area contributed by atoms with Gasteiger partial charge in [-0.25, -0.2) is 0 Å². The van der Waals surface area contributed by atoms with Gasteiger partial charge in [-0.05, 0) is 33.5 Å². The van der Waals surface area contributed by atoms with Crippen LogP contribution in [-0.2, 0) is 4.79 Å². The first-order chi connectivity index (χ1) is 7.11. The molecule has 1 fully saturated rings. The molecule has 88 valence electrons. The van der Waals surface area contributed by atoms with E-state index < -0.39 is 0 Å². The average Bonchev–Trinajstić information content (AvgIpc) is 2.24. The summed E-state index contributed by atoms with van der Waals surface area (Å²) >= 11 is 0. The second-order valence-corrected chi connectivity index (χ2v) is 4.29. The van der Waals surface area contributed by atoms with Crippen molar-refractivity contribution in [2.24, 2.45) is 0 Å². The van der Waals surface area contributed by atoms with Gasteiger partial charge in [-0.15, -0.1) is 0 Å². The van der Waals surface area contributed by atoms with Gasteiger partial charge < -0.3 is 10.2 Å². The number of hydrogen-bond donors (Lipinski definition) is 1. The smallest absolute Gasteiger partial charge is 0.240 e. The fourth-order valence-electron chi connectivity index (χ4n) is 2.13. The molecule has 0 bridgehead atoms. The van der Waals surface area contributed by atoms with Crippen molar-refractivity contribution in [1.82, 2.24) is 15.1 Å². The third-order valence-corrected chi connectivity index (χ3v) is 3.31. The molecule has 1 saturated heterocycles. The first-order valence-corrected chi connectivity index (χ1v) is 5.77. The molecule has 1 aliphatic rings. The van der Waals surface area contributed by atoms with Gasteiger partial charge in [-0.3, -0.25) is 9.69 Å². The lowest BCUT2D eigenvalue weighted by Gasteiger charge is -2.42. The Balaban J connectivity index is 2.66. The number of carbonyl (C=O) groups excluding carboxylic acids is 1. The van der Waals surface area contributed by atoms with Gasteiger partial charge in [0, 0.05) is 19.6 Å². The summed E-state index contributed by atoms with van der Waals surface area (Å²) < 4.78 is 0. The first-order valence-electron chi connectivity index (χ1n) is 5.77. The second kappa shape index (κ2) is 5.47. The Hall–Kier alpha value is -0.610. The van der Waals surface area contributed by atoms with Crippen molar-refractivity contribution in [3.63, 3.8) is 0 Å². The Morgan fingerprint density at radius 1 is 1.53 bits per heavy atom. The standard InChI is InChI=1S/C11H23N3O/c1-5-14-8-9(2)13(4)11(15)10(14)6-7-12-3/h9-10,12H,5-8H2,1-4H3. The maximum absolute atomic E-state index is 12.1. The zero-order valence-corrected chi connectivity index (χ0v) is 10.3. The van der Waals surface area contributed by atoms with Crippen LogP contribution in [-0.4, -0.2) is 61.5 Å². The number of likely N-dealkylation sites (N-methyl/N-ethyl adjacent to an activating group) is 2. The van der Waals surface area contributed by atoms with Crippen LogP contribution in [0.15, 0.2) is 0 Å². The van der Waals surface area contributed by atoms with E-state index in [1.807, 2.05) is 19.0 Å². The van der Waals surface area contributed by atoms with Gasteiger partial charge >= 0.3 is 0 Å². The average molecular weight is 213 g/mol. The lowest BCUT2D eigenvalue weighted by molar-refractivity contribution is -0.143. The molecule has 2 unspecified atom stereocenters. The minimum atomic E-state index is 0.0728. The van der Waals surface area contributed by atoms with Crippen molar-refractivity contribution in [2.45, 2.75) is 32.4 Å². The van der Waals surface area contributed by atoms with Crippen LogP contribution in [0.25, 0.3) is 0 Å². The zero-order chi connectivity index (χ0) is 11.4. The van der Waals surface area contributed by atoms with E-state index in [0.29, 0.717) is 6.04 Å². The molecule has 2 atom stereocenters. The molecule has 4 nitrogen and oxygen atoms in total. The molecule has 0 aromatic heterocycles. The number of hydrogen-bond acceptors (Lipinski definition) is 3. The Morgan fingerprint density at radius 2 is 2.20 bits per heavy atom. The van der Waals surface area contributed by atoms with Crippen molar-refractivity contribution in [2.75, 3.05) is 33.7 Å². The summed E-state index contributed by atoms with van der Waals surface area (Å²) in [4.78, 5) is 16.2. The highest BCUT2D eigenvalue weighted by Gasteiger charge is 2.35. The van der Waals surface area contributed by atoms with E-state index in [-0.39, 0.29) is 11.9 Å². The van der Waals surface area contributed by atoms with Crippen LogP contribution in [0.3, 0.4) is 0 Å². The molecule has 0 spiro atoms. The molecule has 1 aliphatic heterocycles. The van der Waals surface area contributed by atoms with Gasteiger partial charge in [0.1, 0.15) is 0 Å². The number of nitrogens with one attached hydrogen (secondary N) is 1. The van der Waals surface area contributed by atoms with Crippen LogP contribution in [0, 0.1) is 0 Å². The van der Waals surface area contributed by atoms with Crippen LogP contribution in [0.2, 0.25) is 0 Å². The molecule has 1 rings (SSSR count). The minimum absolute atomic E-state index is 0.0728. The monoisotopic (exact) mass is 213 g/mol. The van der Waals surface area contributed by atoms with Crippen molar-refractivity contribution in [1.29, 1.82) is 0 Å². The molecule has 0 aromatic rings. The Morgan fingerprint density at radius 3 is 2.73 bits per heavy atom. The van der Waals surface area contributed by atoms with E-state index in [1.54, 1.807) is 0 Å². The quantitative estimate of drug-likeness (QED) is 0.722. The number of piperazine rings is 1. The van der Waals surface area contributed by atoms with Crippen molar-refractivity contribution in [3.8, 4) is 0 Å². The Labute approximate surface area is 92.6 Å². The summed E-state index contributed by atoms with van der Waals surface area (Å²) in [7, 11) is 3.84. The fourth-order valence-corrected chi connectivity index (χ4v) is 2.13. The van der Waals surface area contributed by atoms with Crippen LogP contribution < -0.4 is 5.32 Å². The maximum Gasteiger partial charge on any atom is 0.240 e. The molecule has 0 radical (unpaired) electrons. The minimum Gasteiger partial charge on any atom is -0.340 e. The van der Waals surface area contributed by atoms with E-state index in [1.165, 1.54) is 0 Å². The van der Waals surface area contributed by atoms with Crippen LogP contribution in [0.4, 0.5) is 0 Å². The second-order valence-electron chi connectivity index (χ2n) is 4.29. The highest BCUT2D eigenvalue weighted by molar-refractivity contribution is 5.82. The summed E-state index contributed by atoms with van der Waals surface area (Å²) in [6.07, 6.45) is 0.903. The largest absolute Gasteiger partial charge is 0.340 e. The third-order valence-electron chi connectivity index (χ3n) is 3.31. The molecule has 1 N–H and O–H groups in total. The normalized spacial score (nSPS) is 28.5. The predicted molar refractivity (Wildman–Crippen MR) is 61.8 cm³/mol. The summed E-state index contributed by atoms with van der Waals surface area (Å²) in [5, 5.41) is 3.11. The predicted octanol–water partition coefficient (Wildman–Crippen LogP) is 0.147. The summed E-state index contributed by atoms with van der Waals surface area (Å²) in [5.41, 5.74) is 0. The molecule has 15 heavy (non-hydrogen) atoms. The van der Waals surface area contributed by atoms with Gasteiger partial charge in [0.05, 0.1) is 6.04 Å². The molecule has 0 aromatic carbocycles. The SMILES string of the molecule is CCN1CC(C)N(C)C(=O)C1CCNC. The van der Waals surface area contributed by atoms with Crippen molar-refractivity contribution in [3.05, 3.63) is 0 Å². The fraction of sp³-hybridized carbons (Fsp3) is 0.909. The molecular formula is C11H23N3O. The van der Waals surface area contributed by atoms with Gasteiger partial charge in [0.25, 0.3) is 0 Å².